The summed E-state index contributed by atoms with van der Waals surface area (Å²) in [6.45, 7) is 0.268. The van der Waals surface area contributed by atoms with E-state index in [0.717, 1.165) is 23.5 Å². The Kier molecular flexibility index (Phi) is 3.72. The molecule has 6 nitrogen and oxygen atoms in total. The maximum Gasteiger partial charge on any atom is 0.258 e. The third-order valence-corrected chi connectivity index (χ3v) is 5.44. The molecule has 4 atom stereocenters. The van der Waals surface area contributed by atoms with Gasteiger partial charge < -0.3 is 29.9 Å². The second-order valence-electron chi connectivity index (χ2n) is 3.63. The van der Waals surface area contributed by atoms with Crippen molar-refractivity contribution in [3.05, 3.63) is 0 Å². The zero-order valence-corrected chi connectivity index (χ0v) is 10.0. The van der Waals surface area contributed by atoms with Crippen LogP contribution in [-0.2, 0) is 9.47 Å². The van der Waals surface area contributed by atoms with E-state index >= 15 is 0 Å². The first kappa shape index (κ1) is 12.9. The summed E-state index contributed by atoms with van der Waals surface area (Å²) in [6.07, 6.45) is -1.59. The average molecular weight is 270 g/mol. The van der Waals surface area contributed by atoms with Crippen molar-refractivity contribution in [1.82, 2.24) is 0 Å². The van der Waals surface area contributed by atoms with Gasteiger partial charge in [0.2, 0.25) is 6.29 Å². The molecule has 2 fully saturated rings. The molecular weight excluding hydrogens is 256 g/mol. The second kappa shape index (κ2) is 4.62. The maximum atomic E-state index is 10.3. The molecule has 2 aliphatic rings. The van der Waals surface area contributed by atoms with E-state index < -0.39 is 22.4 Å². The van der Waals surface area contributed by atoms with E-state index in [1.165, 1.54) is 0 Å². The summed E-state index contributed by atoms with van der Waals surface area (Å²) in [5.74, 6) is -1.85. The predicted molar refractivity (Wildman–Crippen MR) is 58.7 cm³/mol. The number of aliphatic hydroxyl groups excluding tert-OH is 2. The number of hydrogen-bond donors (Lipinski definition) is 4. The minimum atomic E-state index is -2.15. The van der Waals surface area contributed by atoms with Gasteiger partial charge in [0.25, 0.3) is 5.79 Å². The summed E-state index contributed by atoms with van der Waals surface area (Å²) in [4.78, 5) is -1.68. The summed E-state index contributed by atoms with van der Waals surface area (Å²) in [6, 6.07) is 0. The van der Waals surface area contributed by atoms with Crippen LogP contribution in [0, 0.1) is 0 Å². The smallest absolute Gasteiger partial charge is 0.258 e. The first-order chi connectivity index (χ1) is 7.48. The predicted octanol–water partition coefficient (Wildman–Crippen LogP) is -1.47. The van der Waals surface area contributed by atoms with Gasteiger partial charge in [-0.15, -0.1) is 23.5 Å². The van der Waals surface area contributed by atoms with Crippen LogP contribution in [0.4, 0.5) is 0 Å². The van der Waals surface area contributed by atoms with Crippen molar-refractivity contribution in [2.24, 2.45) is 0 Å². The Balaban J connectivity index is 2.14. The molecule has 16 heavy (non-hydrogen) atoms. The van der Waals surface area contributed by atoms with E-state index in [1.807, 2.05) is 0 Å². The van der Waals surface area contributed by atoms with Crippen molar-refractivity contribution >= 4 is 23.5 Å². The van der Waals surface area contributed by atoms with Gasteiger partial charge in [-0.2, -0.15) is 0 Å². The summed E-state index contributed by atoms with van der Waals surface area (Å²) < 4.78 is 9.94. The van der Waals surface area contributed by atoms with Gasteiger partial charge in [-0.25, -0.2) is 0 Å². The highest BCUT2D eigenvalue weighted by Gasteiger charge is 2.59. The van der Waals surface area contributed by atoms with Gasteiger partial charge >= 0.3 is 0 Å². The molecule has 0 radical (unpaired) electrons. The molecule has 0 spiro atoms. The number of rotatable bonds is 1. The van der Waals surface area contributed by atoms with Crippen molar-refractivity contribution in [2.45, 2.75) is 22.4 Å². The number of hydrogen-bond acceptors (Lipinski definition) is 8. The van der Waals surface area contributed by atoms with Crippen molar-refractivity contribution < 1.29 is 29.9 Å². The van der Waals surface area contributed by atoms with Crippen LogP contribution in [0.5, 0.6) is 0 Å². The minimum absolute atomic E-state index is 0.0513. The van der Waals surface area contributed by atoms with Gasteiger partial charge in [-0.3, -0.25) is 0 Å². The van der Waals surface area contributed by atoms with Gasteiger partial charge in [0, 0.05) is 11.5 Å². The van der Waals surface area contributed by atoms with Gasteiger partial charge in [0.15, 0.2) is 4.93 Å². The van der Waals surface area contributed by atoms with E-state index in [9.17, 15) is 20.4 Å². The zero-order valence-electron chi connectivity index (χ0n) is 8.40. The Morgan fingerprint density at radius 2 is 1.94 bits per heavy atom. The molecule has 4 unspecified atom stereocenters. The molecule has 2 heterocycles. The summed E-state index contributed by atoms with van der Waals surface area (Å²) in [5, 5.41) is 39.3. The second-order valence-corrected chi connectivity index (χ2v) is 6.09. The Hall–Kier alpha value is 0.460. The van der Waals surface area contributed by atoms with E-state index in [0.29, 0.717) is 0 Å². The standard InChI is InChI=1S/C8H14O6S2/c9-5-3-16-7(11,4-15-5)8(12)6(10)13-1-2-14-8/h5-6,9-12H,1-4H2. The lowest BCUT2D eigenvalue weighted by atomic mass is 10.1. The fraction of sp³-hybridized carbons (Fsp3) is 1.00. The van der Waals surface area contributed by atoms with Crippen molar-refractivity contribution in [3.8, 4) is 0 Å². The van der Waals surface area contributed by atoms with Crippen molar-refractivity contribution in [3.63, 3.8) is 0 Å². The SMILES string of the molecule is OC1CSC(O)(C2(O)OCCOC2O)CS1. The lowest BCUT2D eigenvalue weighted by Gasteiger charge is -2.48. The van der Waals surface area contributed by atoms with Crippen LogP contribution in [0.1, 0.15) is 0 Å². The molecule has 0 aromatic heterocycles. The Labute approximate surface area is 101 Å². The molecule has 2 rings (SSSR count). The number of aliphatic hydroxyl groups is 4. The van der Waals surface area contributed by atoms with Gasteiger partial charge in [0.1, 0.15) is 5.44 Å². The third-order valence-electron chi connectivity index (χ3n) is 2.51. The highest BCUT2D eigenvalue weighted by molar-refractivity contribution is 8.07. The maximum absolute atomic E-state index is 10.3. The van der Waals surface area contributed by atoms with E-state index in [4.69, 9.17) is 9.47 Å². The molecule has 94 valence electrons. The first-order valence-electron chi connectivity index (χ1n) is 4.80. The van der Waals surface area contributed by atoms with E-state index in [2.05, 4.69) is 0 Å². The lowest BCUT2D eigenvalue weighted by molar-refractivity contribution is -0.389. The summed E-state index contributed by atoms with van der Waals surface area (Å²) in [5.41, 5.74) is -0.587. The van der Waals surface area contributed by atoms with Crippen LogP contribution in [-0.4, -0.2) is 67.6 Å². The first-order valence-corrected chi connectivity index (χ1v) is 6.83. The van der Waals surface area contributed by atoms with Crippen molar-refractivity contribution in [2.75, 3.05) is 24.7 Å². The quantitative estimate of drug-likeness (QED) is 0.458. The molecule has 0 aliphatic carbocycles. The molecule has 0 aromatic carbocycles. The van der Waals surface area contributed by atoms with Gasteiger partial charge in [-0.1, -0.05) is 0 Å². The van der Waals surface area contributed by atoms with Crippen LogP contribution >= 0.6 is 23.5 Å². The zero-order chi connectivity index (χ0) is 11.8. The Bertz CT molecular complexity index is 257. The monoisotopic (exact) mass is 270 g/mol. The fourth-order valence-corrected chi connectivity index (χ4v) is 4.10. The van der Waals surface area contributed by atoms with Crippen LogP contribution in [0.3, 0.4) is 0 Å². The van der Waals surface area contributed by atoms with E-state index in [-0.39, 0.29) is 24.7 Å². The molecule has 0 amide bonds. The molecular formula is C8H14O6S2. The van der Waals surface area contributed by atoms with Crippen LogP contribution in [0.2, 0.25) is 0 Å². The lowest BCUT2D eigenvalue weighted by Crippen LogP contribution is -2.66. The average Bonchev–Trinajstić information content (AvgIpc) is 2.27. The highest BCUT2D eigenvalue weighted by Crippen LogP contribution is 2.45. The molecule has 0 bridgehead atoms. The number of thioether (sulfide) groups is 2. The van der Waals surface area contributed by atoms with Crippen LogP contribution < -0.4 is 0 Å². The fourth-order valence-electron chi connectivity index (χ4n) is 1.56. The molecule has 0 saturated carbocycles. The van der Waals surface area contributed by atoms with Gasteiger partial charge in [-0.05, 0) is 0 Å². The molecule has 2 aliphatic heterocycles. The third kappa shape index (κ3) is 2.08. The molecule has 0 aromatic rings. The van der Waals surface area contributed by atoms with Crippen molar-refractivity contribution in [1.29, 1.82) is 0 Å². The summed E-state index contributed by atoms with van der Waals surface area (Å²) in [7, 11) is 0. The Morgan fingerprint density at radius 3 is 2.50 bits per heavy atom. The van der Waals surface area contributed by atoms with E-state index in [1.54, 1.807) is 0 Å². The topological polar surface area (TPSA) is 99.4 Å². The van der Waals surface area contributed by atoms with Crippen LogP contribution in [0.25, 0.3) is 0 Å². The van der Waals surface area contributed by atoms with Gasteiger partial charge in [0.05, 0.1) is 13.2 Å². The number of ether oxygens (including phenoxy) is 2. The molecule has 8 heteroatoms. The normalized spacial score (nSPS) is 50.2. The van der Waals surface area contributed by atoms with Crippen LogP contribution in [0.15, 0.2) is 0 Å². The highest BCUT2D eigenvalue weighted by atomic mass is 32.2. The molecule has 2 saturated heterocycles. The summed E-state index contributed by atoms with van der Waals surface area (Å²) >= 11 is 2.05. The minimum Gasteiger partial charge on any atom is -0.382 e. The Morgan fingerprint density at radius 1 is 1.19 bits per heavy atom. The largest absolute Gasteiger partial charge is 0.382 e. The molecule has 4 N–H and O–H groups in total.